The van der Waals surface area contributed by atoms with Crippen LogP contribution in [0.25, 0.3) is 0 Å². The Bertz CT molecular complexity index is 568. The summed E-state index contributed by atoms with van der Waals surface area (Å²) in [6, 6.07) is 2.89. The summed E-state index contributed by atoms with van der Waals surface area (Å²) in [7, 11) is 0. The highest BCUT2D eigenvalue weighted by molar-refractivity contribution is 6.08. The van der Waals surface area contributed by atoms with E-state index in [9.17, 15) is 14.4 Å². The van der Waals surface area contributed by atoms with E-state index in [4.69, 9.17) is 5.84 Å². The van der Waals surface area contributed by atoms with Gasteiger partial charge in [0.1, 0.15) is 12.1 Å². The molecule has 20 heavy (non-hydrogen) atoms. The number of nitrogens with two attached hydrogens (primary N) is 1. The highest BCUT2D eigenvalue weighted by atomic mass is 16.2. The number of hydrogen-bond donors (Lipinski definition) is 3. The number of nitrogen functional groups attached to an aromatic ring is 1. The molecule has 0 bridgehead atoms. The molecule has 0 saturated carbocycles. The van der Waals surface area contributed by atoms with Crippen molar-refractivity contribution in [1.29, 1.82) is 0 Å². The van der Waals surface area contributed by atoms with Crippen molar-refractivity contribution in [1.82, 2.24) is 20.4 Å². The number of anilines is 1. The number of hydrogen-bond acceptors (Lipinski definition) is 7. The molecule has 1 saturated heterocycles. The Labute approximate surface area is 114 Å². The number of amides is 3. The fourth-order valence-electron chi connectivity index (χ4n) is 1.77. The van der Waals surface area contributed by atoms with E-state index in [1.54, 1.807) is 13.8 Å². The Morgan fingerprint density at radius 2 is 2.10 bits per heavy atom. The zero-order valence-electron chi connectivity index (χ0n) is 11.0. The van der Waals surface area contributed by atoms with Crippen molar-refractivity contribution in [2.45, 2.75) is 19.4 Å². The number of carbonyl (C=O) groups is 3. The van der Waals surface area contributed by atoms with Crippen LogP contribution in [0.1, 0.15) is 24.3 Å². The minimum absolute atomic E-state index is 0.0274. The molecule has 0 spiro atoms. The molecule has 0 atom stereocenters. The lowest BCUT2D eigenvalue weighted by Gasteiger charge is -2.39. The summed E-state index contributed by atoms with van der Waals surface area (Å²) in [5.41, 5.74) is 1.17. The van der Waals surface area contributed by atoms with Crippen LogP contribution in [0.15, 0.2) is 12.1 Å². The van der Waals surface area contributed by atoms with Gasteiger partial charge in [-0.2, -0.15) is 0 Å². The quantitative estimate of drug-likeness (QED) is 0.346. The summed E-state index contributed by atoms with van der Waals surface area (Å²) in [5, 5.41) is 9.58. The molecule has 0 aromatic carbocycles. The van der Waals surface area contributed by atoms with Gasteiger partial charge in [0.25, 0.3) is 11.8 Å². The summed E-state index contributed by atoms with van der Waals surface area (Å²) >= 11 is 0. The lowest BCUT2D eigenvalue weighted by atomic mass is 9.98. The third-order valence-electron chi connectivity index (χ3n) is 3.06. The summed E-state index contributed by atoms with van der Waals surface area (Å²) < 4.78 is 0. The highest BCUT2D eigenvalue weighted by Gasteiger charge is 2.44. The Hall–Kier alpha value is -2.55. The molecule has 9 heteroatoms. The van der Waals surface area contributed by atoms with Crippen LogP contribution < -0.4 is 16.6 Å². The molecule has 1 fully saturated rings. The summed E-state index contributed by atoms with van der Waals surface area (Å²) in [4.78, 5) is 36.7. The number of rotatable bonds is 2. The van der Waals surface area contributed by atoms with Crippen LogP contribution in [0, 0.1) is 0 Å². The van der Waals surface area contributed by atoms with Crippen LogP contribution in [-0.2, 0) is 9.59 Å². The van der Waals surface area contributed by atoms with E-state index in [2.05, 4.69) is 20.9 Å². The van der Waals surface area contributed by atoms with E-state index in [0.717, 1.165) is 4.90 Å². The Balaban J connectivity index is 2.30. The van der Waals surface area contributed by atoms with Gasteiger partial charge in [-0.05, 0) is 26.0 Å². The zero-order valence-corrected chi connectivity index (χ0v) is 11.0. The third kappa shape index (κ3) is 2.30. The number of piperazine rings is 1. The van der Waals surface area contributed by atoms with Crippen molar-refractivity contribution < 1.29 is 14.4 Å². The van der Waals surface area contributed by atoms with Gasteiger partial charge in [0, 0.05) is 0 Å². The Kier molecular flexibility index (Phi) is 3.36. The third-order valence-corrected chi connectivity index (χ3v) is 3.06. The van der Waals surface area contributed by atoms with Crippen molar-refractivity contribution in [2.24, 2.45) is 5.84 Å². The summed E-state index contributed by atoms with van der Waals surface area (Å²) in [6.07, 6.45) is 0. The topological polar surface area (TPSA) is 130 Å². The normalized spacial score (nSPS) is 17.6. The Morgan fingerprint density at radius 1 is 1.40 bits per heavy atom. The standard InChI is InChI=1S/C11H14N6O3/c1-11(2)10(20)13-8(18)5-17(11)9(19)6-3-4-7(14-12)16-15-6/h3-4H,5,12H2,1-2H3,(H,14,16)(H,13,18,20). The number of carbonyl (C=O) groups excluding carboxylic acids is 3. The molecule has 2 heterocycles. The molecule has 1 aliphatic heterocycles. The fraction of sp³-hybridized carbons (Fsp3) is 0.364. The van der Waals surface area contributed by atoms with E-state index in [1.165, 1.54) is 12.1 Å². The van der Waals surface area contributed by atoms with E-state index in [0.29, 0.717) is 5.82 Å². The SMILES string of the molecule is CC1(C)C(=O)NC(=O)CN1C(=O)c1ccc(NN)nn1. The maximum atomic E-state index is 12.3. The molecule has 4 N–H and O–H groups in total. The predicted molar refractivity (Wildman–Crippen MR) is 68.1 cm³/mol. The highest BCUT2D eigenvalue weighted by Crippen LogP contribution is 2.20. The van der Waals surface area contributed by atoms with Gasteiger partial charge < -0.3 is 10.3 Å². The molecule has 9 nitrogen and oxygen atoms in total. The van der Waals surface area contributed by atoms with Crippen LogP contribution in [0.3, 0.4) is 0 Å². The van der Waals surface area contributed by atoms with Crippen LogP contribution in [0.5, 0.6) is 0 Å². The second kappa shape index (κ2) is 4.85. The largest absolute Gasteiger partial charge is 0.314 e. The number of hydrazine groups is 1. The zero-order chi connectivity index (χ0) is 14.9. The van der Waals surface area contributed by atoms with Gasteiger partial charge >= 0.3 is 0 Å². The minimum atomic E-state index is -1.14. The van der Waals surface area contributed by atoms with Crippen molar-refractivity contribution in [3.63, 3.8) is 0 Å². The molecule has 0 radical (unpaired) electrons. The molecular weight excluding hydrogens is 264 g/mol. The van der Waals surface area contributed by atoms with Crippen molar-refractivity contribution in [2.75, 3.05) is 12.0 Å². The van der Waals surface area contributed by atoms with Gasteiger partial charge in [-0.25, -0.2) is 5.84 Å². The number of aromatic nitrogens is 2. The molecular formula is C11H14N6O3. The van der Waals surface area contributed by atoms with E-state index in [1.807, 2.05) is 0 Å². The predicted octanol–water partition coefficient (Wildman–Crippen LogP) is -1.36. The van der Waals surface area contributed by atoms with Crippen LogP contribution in [0.4, 0.5) is 5.82 Å². The van der Waals surface area contributed by atoms with E-state index < -0.39 is 23.3 Å². The lowest BCUT2D eigenvalue weighted by Crippen LogP contribution is -2.65. The molecule has 106 valence electrons. The van der Waals surface area contributed by atoms with E-state index >= 15 is 0 Å². The molecule has 2 rings (SSSR count). The first-order chi connectivity index (χ1) is 9.36. The van der Waals surface area contributed by atoms with Gasteiger partial charge in [-0.1, -0.05) is 0 Å². The average Bonchev–Trinajstić information content (AvgIpc) is 2.42. The van der Waals surface area contributed by atoms with Gasteiger partial charge in [-0.15, -0.1) is 10.2 Å². The maximum Gasteiger partial charge on any atom is 0.275 e. The summed E-state index contributed by atoms with van der Waals surface area (Å²) in [5.74, 6) is 3.84. The Morgan fingerprint density at radius 3 is 2.65 bits per heavy atom. The van der Waals surface area contributed by atoms with Gasteiger partial charge in [0.15, 0.2) is 11.5 Å². The van der Waals surface area contributed by atoms with Crippen molar-refractivity contribution in [3.05, 3.63) is 17.8 Å². The molecule has 1 aromatic rings. The first kappa shape index (κ1) is 13.9. The monoisotopic (exact) mass is 278 g/mol. The second-order valence-electron chi connectivity index (χ2n) is 4.78. The molecule has 0 unspecified atom stereocenters. The smallest absolute Gasteiger partial charge is 0.275 e. The van der Waals surface area contributed by atoms with Crippen LogP contribution in [0.2, 0.25) is 0 Å². The molecule has 0 aliphatic carbocycles. The first-order valence-corrected chi connectivity index (χ1v) is 5.83. The van der Waals surface area contributed by atoms with Crippen LogP contribution >= 0.6 is 0 Å². The second-order valence-corrected chi connectivity index (χ2v) is 4.78. The number of nitrogens with zero attached hydrogens (tertiary/aromatic N) is 3. The molecule has 3 amide bonds. The van der Waals surface area contributed by atoms with Gasteiger partial charge in [0.2, 0.25) is 5.91 Å². The van der Waals surface area contributed by atoms with E-state index in [-0.39, 0.29) is 12.2 Å². The average molecular weight is 278 g/mol. The van der Waals surface area contributed by atoms with Crippen molar-refractivity contribution in [3.8, 4) is 0 Å². The number of imide groups is 1. The maximum absolute atomic E-state index is 12.3. The fourth-order valence-corrected chi connectivity index (χ4v) is 1.77. The van der Waals surface area contributed by atoms with Gasteiger partial charge in [0.05, 0.1) is 0 Å². The lowest BCUT2D eigenvalue weighted by molar-refractivity contribution is -0.143. The van der Waals surface area contributed by atoms with Gasteiger partial charge in [-0.3, -0.25) is 19.7 Å². The first-order valence-electron chi connectivity index (χ1n) is 5.83. The number of nitrogens with one attached hydrogen (secondary N) is 2. The molecule has 1 aromatic heterocycles. The van der Waals surface area contributed by atoms with Crippen LogP contribution in [-0.4, -0.2) is 44.9 Å². The molecule has 1 aliphatic rings. The van der Waals surface area contributed by atoms with Crippen molar-refractivity contribution >= 4 is 23.5 Å². The summed E-state index contributed by atoms with van der Waals surface area (Å²) in [6.45, 7) is 2.89. The minimum Gasteiger partial charge on any atom is -0.314 e.